The zero-order chi connectivity index (χ0) is 25.6. The molecule has 5 heteroatoms. The van der Waals surface area contributed by atoms with Crippen LogP contribution in [0.25, 0.3) is 0 Å². The van der Waals surface area contributed by atoms with Crippen LogP contribution in [0, 0.1) is 5.92 Å². The van der Waals surface area contributed by atoms with E-state index in [4.69, 9.17) is 9.16 Å². The molecule has 0 aromatic heterocycles. The highest BCUT2D eigenvalue weighted by atomic mass is 28.4. The molecule has 3 unspecified atom stereocenters. The number of carbonyl (C=O) groups is 1. The van der Waals surface area contributed by atoms with E-state index in [1.54, 1.807) is 0 Å². The maximum Gasteiger partial charge on any atom is 0.407 e. The second-order valence-corrected chi connectivity index (χ2v) is 14.8. The van der Waals surface area contributed by atoms with Crippen LogP contribution in [-0.2, 0) is 15.8 Å². The first-order valence-corrected chi connectivity index (χ1v) is 14.6. The molecule has 3 aromatic carbocycles. The summed E-state index contributed by atoms with van der Waals surface area (Å²) in [5.74, 6) is 0.123. The van der Waals surface area contributed by atoms with Gasteiger partial charge in [-0.1, -0.05) is 118 Å². The van der Waals surface area contributed by atoms with Crippen LogP contribution in [-0.4, -0.2) is 26.6 Å². The molecule has 1 aliphatic rings. The molecule has 0 saturated heterocycles. The highest BCUT2D eigenvalue weighted by Gasteiger charge is 2.52. The lowest BCUT2D eigenvalue weighted by atomic mass is 10.0. The van der Waals surface area contributed by atoms with Gasteiger partial charge in [-0.05, 0) is 39.7 Å². The third-order valence-electron chi connectivity index (χ3n) is 7.15. The largest absolute Gasteiger partial charge is 0.445 e. The van der Waals surface area contributed by atoms with Gasteiger partial charge in [-0.3, -0.25) is 0 Å². The fourth-order valence-electron chi connectivity index (χ4n) is 5.40. The number of hydrogen-bond donors (Lipinski definition) is 1. The first-order chi connectivity index (χ1) is 17.3. The topological polar surface area (TPSA) is 47.6 Å². The Balaban J connectivity index is 1.55. The standard InChI is InChI=1S/C31H37NO3Si/c1-5-25-21-26(22-29(25)32-30(33)34-23-24-15-9-6-10-16-24)35-36(31(2,3)4,27-17-11-7-12-18-27)28-19-13-8-14-20-28/h5-20,25-26,29H,1,21-23H2,2-4H3,(H,32,33). The highest BCUT2D eigenvalue weighted by Crippen LogP contribution is 2.40. The summed E-state index contributed by atoms with van der Waals surface area (Å²) in [6, 6.07) is 31.0. The highest BCUT2D eigenvalue weighted by molar-refractivity contribution is 6.99. The van der Waals surface area contributed by atoms with E-state index in [1.165, 1.54) is 10.4 Å². The fourth-order valence-corrected chi connectivity index (χ4v) is 10.1. The molecule has 1 saturated carbocycles. The van der Waals surface area contributed by atoms with Gasteiger partial charge in [-0.2, -0.15) is 0 Å². The van der Waals surface area contributed by atoms with Crippen LogP contribution >= 0.6 is 0 Å². The second-order valence-electron chi connectivity index (χ2n) is 10.6. The van der Waals surface area contributed by atoms with E-state index in [2.05, 4.69) is 93.3 Å². The molecule has 4 nitrogen and oxygen atoms in total. The first kappa shape index (κ1) is 25.9. The molecule has 1 amide bonds. The van der Waals surface area contributed by atoms with Crippen molar-refractivity contribution >= 4 is 24.8 Å². The van der Waals surface area contributed by atoms with Crippen molar-refractivity contribution in [3.8, 4) is 0 Å². The number of hydrogen-bond acceptors (Lipinski definition) is 3. The number of amides is 1. The maximum atomic E-state index is 12.6. The summed E-state index contributed by atoms with van der Waals surface area (Å²) in [5.41, 5.74) is 0.965. The average Bonchev–Trinajstić information content (AvgIpc) is 3.28. The predicted octanol–water partition coefficient (Wildman–Crippen LogP) is 5.82. The molecule has 4 rings (SSSR count). The van der Waals surface area contributed by atoms with Gasteiger partial charge in [-0.15, -0.1) is 6.58 Å². The fraction of sp³-hybridized carbons (Fsp3) is 0.323. The molecular formula is C31H37NO3Si. The van der Waals surface area contributed by atoms with Gasteiger partial charge in [0.1, 0.15) is 6.61 Å². The van der Waals surface area contributed by atoms with Crippen molar-refractivity contribution in [2.24, 2.45) is 5.92 Å². The maximum absolute atomic E-state index is 12.6. The Morgan fingerprint density at radius 1 is 0.917 bits per heavy atom. The van der Waals surface area contributed by atoms with Gasteiger partial charge in [0.05, 0.1) is 0 Å². The Bertz CT molecular complexity index is 1090. The van der Waals surface area contributed by atoms with Gasteiger partial charge in [0, 0.05) is 12.1 Å². The van der Waals surface area contributed by atoms with Crippen molar-refractivity contribution in [2.45, 2.75) is 57.4 Å². The Kier molecular flexibility index (Phi) is 8.12. The lowest BCUT2D eigenvalue weighted by Gasteiger charge is -2.44. The van der Waals surface area contributed by atoms with E-state index in [1.807, 2.05) is 36.4 Å². The molecule has 1 N–H and O–H groups in total. The molecule has 1 aliphatic carbocycles. The summed E-state index contributed by atoms with van der Waals surface area (Å²) >= 11 is 0. The molecule has 36 heavy (non-hydrogen) atoms. The lowest BCUT2D eigenvalue weighted by Crippen LogP contribution is -2.67. The van der Waals surface area contributed by atoms with Crippen LogP contribution in [0.4, 0.5) is 4.79 Å². The predicted molar refractivity (Wildman–Crippen MR) is 149 cm³/mol. The van der Waals surface area contributed by atoms with Crippen LogP contribution in [0.2, 0.25) is 5.04 Å². The summed E-state index contributed by atoms with van der Waals surface area (Å²) in [4.78, 5) is 12.6. The van der Waals surface area contributed by atoms with Gasteiger partial charge < -0.3 is 14.5 Å². The quantitative estimate of drug-likeness (QED) is 0.314. The number of carbonyl (C=O) groups excluding carboxylic acids is 1. The van der Waals surface area contributed by atoms with Crippen LogP contribution in [0.15, 0.2) is 104 Å². The monoisotopic (exact) mass is 499 g/mol. The van der Waals surface area contributed by atoms with E-state index in [0.29, 0.717) is 0 Å². The van der Waals surface area contributed by atoms with E-state index < -0.39 is 14.4 Å². The minimum atomic E-state index is -2.66. The van der Waals surface area contributed by atoms with E-state index in [9.17, 15) is 4.79 Å². The van der Waals surface area contributed by atoms with Crippen molar-refractivity contribution in [3.05, 3.63) is 109 Å². The van der Waals surface area contributed by atoms with Gasteiger partial charge in [-0.25, -0.2) is 4.79 Å². The van der Waals surface area contributed by atoms with Crippen molar-refractivity contribution < 1.29 is 14.0 Å². The second kappa shape index (κ2) is 11.3. The van der Waals surface area contributed by atoms with E-state index in [-0.39, 0.29) is 29.7 Å². The number of benzene rings is 3. The Hall–Kier alpha value is -3.15. The molecule has 0 radical (unpaired) electrons. The minimum Gasteiger partial charge on any atom is -0.445 e. The summed E-state index contributed by atoms with van der Waals surface area (Å²) in [6.07, 6.45) is 3.08. The van der Waals surface area contributed by atoms with Gasteiger partial charge >= 0.3 is 6.09 Å². The SMILES string of the molecule is C=CC1CC(O[Si](c2ccccc2)(c2ccccc2)C(C)(C)C)CC1NC(=O)OCc1ccccc1. The summed E-state index contributed by atoms with van der Waals surface area (Å²) < 4.78 is 12.8. The van der Waals surface area contributed by atoms with Crippen LogP contribution < -0.4 is 15.7 Å². The van der Waals surface area contributed by atoms with Gasteiger partial charge in [0.15, 0.2) is 0 Å². The smallest absolute Gasteiger partial charge is 0.407 e. The summed E-state index contributed by atoms with van der Waals surface area (Å²) in [7, 11) is -2.66. The molecule has 1 fully saturated rings. The van der Waals surface area contributed by atoms with Crippen LogP contribution in [0.5, 0.6) is 0 Å². The zero-order valence-electron chi connectivity index (χ0n) is 21.5. The molecule has 0 bridgehead atoms. The summed E-state index contributed by atoms with van der Waals surface area (Å²) in [6.45, 7) is 11.2. The Labute approximate surface area is 216 Å². The first-order valence-electron chi connectivity index (χ1n) is 12.7. The molecule has 0 spiro atoms. The normalized spacial score (nSPS) is 20.0. The zero-order valence-corrected chi connectivity index (χ0v) is 22.5. The van der Waals surface area contributed by atoms with Crippen LogP contribution in [0.1, 0.15) is 39.2 Å². The molecule has 3 aromatic rings. The molecule has 0 aliphatic heterocycles. The Morgan fingerprint density at radius 3 is 1.94 bits per heavy atom. The number of alkyl carbamates (subject to hydrolysis) is 1. The van der Waals surface area contributed by atoms with E-state index in [0.717, 1.165) is 18.4 Å². The minimum absolute atomic E-state index is 0.00118. The van der Waals surface area contributed by atoms with Crippen molar-refractivity contribution in [1.82, 2.24) is 5.32 Å². The third-order valence-corrected chi connectivity index (χ3v) is 12.2. The van der Waals surface area contributed by atoms with Crippen molar-refractivity contribution in [3.63, 3.8) is 0 Å². The van der Waals surface area contributed by atoms with E-state index >= 15 is 0 Å². The Morgan fingerprint density at radius 2 is 1.44 bits per heavy atom. The molecule has 188 valence electrons. The number of nitrogens with one attached hydrogen (secondary N) is 1. The number of ether oxygens (including phenoxy) is 1. The van der Waals surface area contributed by atoms with Crippen LogP contribution in [0.3, 0.4) is 0 Å². The molecule has 3 atom stereocenters. The summed E-state index contributed by atoms with van der Waals surface area (Å²) in [5, 5.41) is 5.51. The van der Waals surface area contributed by atoms with Crippen molar-refractivity contribution in [2.75, 3.05) is 0 Å². The van der Waals surface area contributed by atoms with Gasteiger partial charge in [0.25, 0.3) is 8.32 Å². The van der Waals surface area contributed by atoms with Crippen molar-refractivity contribution in [1.29, 1.82) is 0 Å². The molecule has 0 heterocycles. The lowest BCUT2D eigenvalue weighted by molar-refractivity contribution is 0.133. The average molecular weight is 500 g/mol. The molecular weight excluding hydrogens is 462 g/mol. The number of rotatable bonds is 8. The third kappa shape index (κ3) is 5.63. The van der Waals surface area contributed by atoms with Gasteiger partial charge in [0.2, 0.25) is 0 Å².